The molecule has 0 aliphatic carbocycles. The fraction of sp³-hybridized carbons (Fsp3) is 0.318. The third kappa shape index (κ3) is 4.90. The predicted molar refractivity (Wildman–Crippen MR) is 122 cm³/mol. The Morgan fingerprint density at radius 2 is 1.82 bits per heavy atom. The largest absolute Gasteiger partial charge is 0.495 e. The van der Waals surface area contributed by atoms with Crippen molar-refractivity contribution >= 4 is 38.9 Å². The number of amides is 2. The van der Waals surface area contributed by atoms with Crippen LogP contribution in [0.1, 0.15) is 12.8 Å². The van der Waals surface area contributed by atoms with Crippen molar-refractivity contribution in [2.45, 2.75) is 17.7 Å². The number of morpholine rings is 1. The molecule has 0 spiro atoms. The number of carbonyl (C=O) groups is 2. The molecule has 2 aromatic carbocycles. The number of benzene rings is 2. The van der Waals surface area contributed by atoms with Crippen LogP contribution in [-0.2, 0) is 24.3 Å². The van der Waals surface area contributed by atoms with Crippen LogP contribution in [0.15, 0.2) is 58.5 Å². The van der Waals surface area contributed by atoms with Crippen LogP contribution in [-0.4, -0.2) is 63.7 Å². The van der Waals surface area contributed by atoms with E-state index in [0.29, 0.717) is 18.9 Å². The van der Waals surface area contributed by atoms with E-state index in [1.54, 1.807) is 30.3 Å². The number of hydrogen-bond donors (Lipinski definition) is 1. The van der Waals surface area contributed by atoms with Crippen LogP contribution < -0.4 is 15.1 Å². The summed E-state index contributed by atoms with van der Waals surface area (Å²) in [5, 5.41) is 8.13. The van der Waals surface area contributed by atoms with Gasteiger partial charge in [0, 0.05) is 31.6 Å². The summed E-state index contributed by atoms with van der Waals surface area (Å²) in [5.41, 5.74) is 1.01. The summed E-state index contributed by atoms with van der Waals surface area (Å²) in [6.45, 7) is 1.10. The number of sulfonamides is 1. The zero-order valence-electron chi connectivity index (χ0n) is 18.1. The Bertz CT molecular complexity index is 1180. The van der Waals surface area contributed by atoms with Gasteiger partial charge >= 0.3 is 0 Å². The third-order valence-electron chi connectivity index (χ3n) is 5.30. The number of para-hydroxylation sites is 1. The zero-order valence-corrected chi connectivity index (χ0v) is 18.9. The van der Waals surface area contributed by atoms with Crippen LogP contribution in [0.25, 0.3) is 0 Å². The van der Waals surface area contributed by atoms with Gasteiger partial charge in [-0.05, 0) is 30.3 Å². The molecule has 4 rings (SSSR count). The van der Waals surface area contributed by atoms with Crippen LogP contribution >= 0.6 is 0 Å². The van der Waals surface area contributed by atoms with Gasteiger partial charge in [-0.15, -0.1) is 0 Å². The smallest absolute Gasteiger partial charge is 0.271 e. The van der Waals surface area contributed by atoms with Crippen molar-refractivity contribution in [3.05, 3.63) is 48.5 Å². The molecule has 10 nitrogen and oxygen atoms in total. The minimum absolute atomic E-state index is 0.0450. The summed E-state index contributed by atoms with van der Waals surface area (Å²) in [5.74, 6) is -0.542. The Hall–Kier alpha value is -3.28. The molecular weight excluding hydrogens is 448 g/mol. The van der Waals surface area contributed by atoms with Crippen molar-refractivity contribution in [3.8, 4) is 5.75 Å². The maximum atomic E-state index is 13.2. The van der Waals surface area contributed by atoms with Crippen molar-refractivity contribution in [3.63, 3.8) is 0 Å². The van der Waals surface area contributed by atoms with E-state index in [1.807, 2.05) is 6.07 Å². The second kappa shape index (κ2) is 9.69. The van der Waals surface area contributed by atoms with E-state index >= 15 is 0 Å². The van der Waals surface area contributed by atoms with Crippen LogP contribution in [0.3, 0.4) is 0 Å². The van der Waals surface area contributed by atoms with Crippen LogP contribution in [0, 0.1) is 0 Å². The molecule has 2 amide bonds. The predicted octanol–water partition coefficient (Wildman–Crippen LogP) is 1.84. The molecule has 0 saturated carbocycles. The molecule has 33 heavy (non-hydrogen) atoms. The van der Waals surface area contributed by atoms with Gasteiger partial charge in [0.25, 0.3) is 5.91 Å². The SMILES string of the molecule is COc1ccc(NC(=O)C2=NN(c3ccccc3)C(=O)CC2)cc1S(=O)(=O)N1CCOCC1. The maximum Gasteiger partial charge on any atom is 0.271 e. The molecular formula is C22H24N4O6S. The highest BCUT2D eigenvalue weighted by Crippen LogP contribution is 2.30. The molecule has 2 aliphatic heterocycles. The first-order chi connectivity index (χ1) is 15.9. The summed E-state index contributed by atoms with van der Waals surface area (Å²) in [6, 6.07) is 13.3. The number of hydrogen-bond acceptors (Lipinski definition) is 7. The first kappa shape index (κ1) is 22.9. The molecule has 0 unspecified atom stereocenters. The number of ether oxygens (including phenoxy) is 2. The summed E-state index contributed by atoms with van der Waals surface area (Å²) in [4.78, 5) is 25.1. The minimum Gasteiger partial charge on any atom is -0.495 e. The second-order valence-electron chi connectivity index (χ2n) is 7.42. The fourth-order valence-corrected chi connectivity index (χ4v) is 5.16. The Morgan fingerprint density at radius 3 is 2.52 bits per heavy atom. The van der Waals surface area contributed by atoms with Crippen LogP contribution in [0.2, 0.25) is 0 Å². The average Bonchev–Trinajstić information content (AvgIpc) is 2.85. The Morgan fingerprint density at radius 1 is 1.09 bits per heavy atom. The quantitative estimate of drug-likeness (QED) is 0.686. The van der Waals surface area contributed by atoms with Gasteiger partial charge in [-0.25, -0.2) is 13.4 Å². The van der Waals surface area contributed by atoms with E-state index in [0.717, 1.165) is 0 Å². The van der Waals surface area contributed by atoms with Crippen molar-refractivity contribution in [1.82, 2.24) is 4.31 Å². The Balaban J connectivity index is 1.58. The number of anilines is 2. The second-order valence-corrected chi connectivity index (χ2v) is 9.33. The molecule has 1 fully saturated rings. The van der Waals surface area contributed by atoms with E-state index in [4.69, 9.17) is 9.47 Å². The molecule has 1 N–H and O–H groups in total. The highest BCUT2D eigenvalue weighted by Gasteiger charge is 2.30. The van der Waals surface area contributed by atoms with E-state index in [1.165, 1.54) is 28.6 Å². The fourth-order valence-electron chi connectivity index (χ4n) is 3.57. The van der Waals surface area contributed by atoms with Gasteiger partial charge in [0.15, 0.2) is 0 Å². The monoisotopic (exact) mass is 472 g/mol. The highest BCUT2D eigenvalue weighted by molar-refractivity contribution is 7.89. The molecule has 0 aromatic heterocycles. The van der Waals surface area contributed by atoms with Crippen molar-refractivity contribution in [2.24, 2.45) is 5.10 Å². The molecule has 0 atom stereocenters. The normalized spacial score (nSPS) is 17.4. The molecule has 2 aromatic rings. The van der Waals surface area contributed by atoms with Crippen molar-refractivity contribution < 1.29 is 27.5 Å². The zero-order chi connectivity index (χ0) is 23.4. The number of methoxy groups -OCH3 is 1. The lowest BCUT2D eigenvalue weighted by atomic mass is 10.1. The third-order valence-corrected chi connectivity index (χ3v) is 7.22. The lowest BCUT2D eigenvalue weighted by Crippen LogP contribution is -2.40. The minimum atomic E-state index is -3.85. The summed E-state index contributed by atoms with van der Waals surface area (Å²) < 4.78 is 38.1. The van der Waals surface area contributed by atoms with Gasteiger partial charge in [-0.1, -0.05) is 18.2 Å². The van der Waals surface area contributed by atoms with Gasteiger partial charge in [0.1, 0.15) is 16.4 Å². The molecule has 174 valence electrons. The van der Waals surface area contributed by atoms with Gasteiger partial charge in [-0.2, -0.15) is 9.41 Å². The van der Waals surface area contributed by atoms with E-state index in [9.17, 15) is 18.0 Å². The summed E-state index contributed by atoms with van der Waals surface area (Å²) in [7, 11) is -2.46. The van der Waals surface area contributed by atoms with Gasteiger partial charge in [-0.3, -0.25) is 9.59 Å². The maximum absolute atomic E-state index is 13.2. The summed E-state index contributed by atoms with van der Waals surface area (Å²) >= 11 is 0. The van der Waals surface area contributed by atoms with Gasteiger partial charge in [0.2, 0.25) is 15.9 Å². The topological polar surface area (TPSA) is 118 Å². The molecule has 0 bridgehead atoms. The molecule has 1 saturated heterocycles. The Kier molecular flexibility index (Phi) is 6.72. The van der Waals surface area contributed by atoms with Gasteiger partial charge < -0.3 is 14.8 Å². The average molecular weight is 473 g/mol. The van der Waals surface area contributed by atoms with E-state index < -0.39 is 15.9 Å². The molecule has 2 heterocycles. The standard InChI is InChI=1S/C22H24N4O6S/c1-31-19-9-7-16(15-20(19)33(29,30)25-11-13-32-14-12-25)23-22(28)18-8-10-21(27)26(24-18)17-5-3-2-4-6-17/h2-7,9,15H,8,10-14H2,1H3,(H,23,28). The number of nitrogens with zero attached hydrogens (tertiary/aromatic N) is 3. The highest BCUT2D eigenvalue weighted by atomic mass is 32.2. The molecule has 11 heteroatoms. The van der Waals surface area contributed by atoms with Crippen molar-refractivity contribution in [1.29, 1.82) is 0 Å². The number of hydrazone groups is 1. The Labute approximate surface area is 191 Å². The van der Waals surface area contributed by atoms with Crippen LogP contribution in [0.5, 0.6) is 5.75 Å². The number of nitrogens with one attached hydrogen (secondary N) is 1. The number of rotatable bonds is 6. The molecule has 2 aliphatic rings. The summed E-state index contributed by atoms with van der Waals surface area (Å²) in [6.07, 6.45) is 0.323. The van der Waals surface area contributed by atoms with E-state index in [-0.39, 0.29) is 53.9 Å². The number of carbonyl (C=O) groups excluding carboxylic acids is 2. The van der Waals surface area contributed by atoms with E-state index in [2.05, 4.69) is 10.4 Å². The van der Waals surface area contributed by atoms with Crippen LogP contribution in [0.4, 0.5) is 11.4 Å². The lowest BCUT2D eigenvalue weighted by Gasteiger charge is -2.27. The molecule has 0 radical (unpaired) electrons. The van der Waals surface area contributed by atoms with Gasteiger partial charge in [0.05, 0.1) is 26.0 Å². The van der Waals surface area contributed by atoms with Crippen molar-refractivity contribution in [2.75, 3.05) is 43.7 Å². The first-order valence-electron chi connectivity index (χ1n) is 10.4. The first-order valence-corrected chi connectivity index (χ1v) is 11.9. The lowest BCUT2D eigenvalue weighted by molar-refractivity contribution is -0.118.